The van der Waals surface area contributed by atoms with Crippen molar-refractivity contribution in [2.45, 2.75) is 45.3 Å². The van der Waals surface area contributed by atoms with Gasteiger partial charge in [-0.25, -0.2) is 4.79 Å². The molecule has 2 fully saturated rings. The summed E-state index contributed by atoms with van der Waals surface area (Å²) in [6, 6.07) is 0. The topological polar surface area (TPSA) is 55.8 Å². The molecule has 0 N–H and O–H groups in total. The van der Waals surface area contributed by atoms with Gasteiger partial charge in [0.1, 0.15) is 11.7 Å². The molecule has 3 atom stereocenters. The maximum Gasteiger partial charge on any atom is 0.410 e. The van der Waals surface area contributed by atoms with Crippen LogP contribution >= 0.6 is 11.8 Å². The summed E-state index contributed by atoms with van der Waals surface area (Å²) in [5.74, 6) is 1.60. The third-order valence-corrected chi connectivity index (χ3v) is 5.09. The van der Waals surface area contributed by atoms with Gasteiger partial charge in [0, 0.05) is 24.8 Å². The van der Waals surface area contributed by atoms with Crippen molar-refractivity contribution >= 4 is 23.8 Å². The minimum absolute atomic E-state index is 0.0655. The summed E-state index contributed by atoms with van der Waals surface area (Å²) in [6.07, 6.45) is 3.35. The predicted molar refractivity (Wildman–Crippen MR) is 91.4 cm³/mol. The van der Waals surface area contributed by atoms with Crippen molar-refractivity contribution in [1.82, 2.24) is 4.90 Å². The molecule has 2 aliphatic rings. The van der Waals surface area contributed by atoms with Crippen molar-refractivity contribution in [3.05, 3.63) is 12.7 Å². The van der Waals surface area contributed by atoms with Gasteiger partial charge in [-0.05, 0) is 39.5 Å². The van der Waals surface area contributed by atoms with Gasteiger partial charge in [-0.1, -0.05) is 6.08 Å². The molecule has 1 aliphatic heterocycles. The minimum atomic E-state index is -0.483. The van der Waals surface area contributed by atoms with Crippen LogP contribution in [-0.2, 0) is 14.3 Å². The van der Waals surface area contributed by atoms with Gasteiger partial charge in [-0.3, -0.25) is 4.79 Å². The number of hydrogen-bond donors (Lipinski definition) is 0. The first kappa shape index (κ1) is 18.2. The summed E-state index contributed by atoms with van der Waals surface area (Å²) < 4.78 is 11.1. The molecule has 1 amide bonds. The Morgan fingerprint density at radius 2 is 2.04 bits per heavy atom. The fraction of sp³-hybridized carbons (Fsp3) is 0.765. The van der Waals surface area contributed by atoms with Crippen LogP contribution in [-0.4, -0.2) is 53.3 Å². The van der Waals surface area contributed by atoms with Gasteiger partial charge < -0.3 is 14.4 Å². The lowest BCUT2D eigenvalue weighted by molar-refractivity contribution is -0.147. The Hall–Kier alpha value is -1.17. The maximum absolute atomic E-state index is 12.2. The Morgan fingerprint density at radius 3 is 2.70 bits per heavy atom. The molecule has 0 bridgehead atoms. The predicted octanol–water partition coefficient (Wildman–Crippen LogP) is 3.09. The zero-order valence-electron chi connectivity index (χ0n) is 14.2. The molecule has 0 radical (unpaired) electrons. The molecule has 5 nitrogen and oxygen atoms in total. The highest BCUT2D eigenvalue weighted by Gasteiger charge is 2.46. The van der Waals surface area contributed by atoms with Gasteiger partial charge in [-0.2, -0.15) is 0 Å². The third kappa shape index (κ3) is 5.16. The van der Waals surface area contributed by atoms with E-state index >= 15 is 0 Å². The van der Waals surface area contributed by atoms with Crippen molar-refractivity contribution in [3.8, 4) is 0 Å². The summed E-state index contributed by atoms with van der Waals surface area (Å²) in [7, 11) is 0. The summed E-state index contributed by atoms with van der Waals surface area (Å²) in [5.41, 5.74) is -0.483. The van der Waals surface area contributed by atoms with E-state index in [1.807, 2.05) is 20.8 Å². The SMILES string of the molecule is C=CCSCC(=O)OC1CCC2CN(C(=O)OC(C)(C)C)CC21. The average Bonchev–Trinajstić information content (AvgIpc) is 2.99. The molecule has 6 heteroatoms. The zero-order valence-corrected chi connectivity index (χ0v) is 15.1. The Balaban J connectivity index is 1.83. The molecule has 1 heterocycles. The fourth-order valence-corrected chi connectivity index (χ4v) is 3.79. The molecular weight excluding hydrogens is 314 g/mol. The normalized spacial score (nSPS) is 26.7. The smallest absolute Gasteiger partial charge is 0.410 e. The van der Waals surface area contributed by atoms with Crippen molar-refractivity contribution in [2.24, 2.45) is 11.8 Å². The molecule has 0 aromatic rings. The largest absolute Gasteiger partial charge is 0.461 e. The second-order valence-corrected chi connectivity index (χ2v) is 8.25. The number of thioether (sulfide) groups is 1. The first-order valence-corrected chi connectivity index (χ1v) is 9.31. The lowest BCUT2D eigenvalue weighted by Gasteiger charge is -2.25. The number of amides is 1. The van der Waals surface area contributed by atoms with Gasteiger partial charge >= 0.3 is 12.1 Å². The molecular formula is C17H27NO4S. The number of likely N-dealkylation sites (tertiary alicyclic amines) is 1. The van der Waals surface area contributed by atoms with Crippen LogP contribution < -0.4 is 0 Å². The van der Waals surface area contributed by atoms with E-state index in [1.54, 1.807) is 11.0 Å². The molecule has 0 spiro atoms. The van der Waals surface area contributed by atoms with E-state index in [0.29, 0.717) is 24.8 Å². The monoisotopic (exact) mass is 341 g/mol. The van der Waals surface area contributed by atoms with Crippen LogP contribution in [0.4, 0.5) is 4.79 Å². The summed E-state index contributed by atoms with van der Waals surface area (Å²) in [4.78, 5) is 25.8. The Bertz CT molecular complexity index is 460. The molecule has 0 aromatic carbocycles. The van der Waals surface area contributed by atoms with Crippen molar-refractivity contribution in [1.29, 1.82) is 0 Å². The maximum atomic E-state index is 12.2. The number of hydrogen-bond acceptors (Lipinski definition) is 5. The third-order valence-electron chi connectivity index (χ3n) is 4.18. The highest BCUT2D eigenvalue weighted by molar-refractivity contribution is 8.00. The Morgan fingerprint density at radius 1 is 1.30 bits per heavy atom. The minimum Gasteiger partial charge on any atom is -0.461 e. The second kappa shape index (κ2) is 7.60. The molecule has 3 unspecified atom stereocenters. The van der Waals surface area contributed by atoms with Crippen LogP contribution in [0.5, 0.6) is 0 Å². The quantitative estimate of drug-likeness (QED) is 0.437. The van der Waals surface area contributed by atoms with E-state index in [2.05, 4.69) is 6.58 Å². The number of fused-ring (bicyclic) bond motifs is 1. The lowest BCUT2D eigenvalue weighted by Crippen LogP contribution is -2.37. The summed E-state index contributed by atoms with van der Waals surface area (Å²) >= 11 is 1.50. The molecule has 130 valence electrons. The van der Waals surface area contributed by atoms with E-state index < -0.39 is 5.60 Å². The van der Waals surface area contributed by atoms with Crippen molar-refractivity contribution < 1.29 is 19.1 Å². The van der Waals surface area contributed by atoms with Crippen LogP contribution in [0.25, 0.3) is 0 Å². The van der Waals surface area contributed by atoms with E-state index in [9.17, 15) is 9.59 Å². The standard InChI is InChI=1S/C17H27NO4S/c1-5-8-23-11-15(19)21-14-7-6-12-9-18(10-13(12)14)16(20)22-17(2,3)4/h5,12-14H,1,6-11H2,2-4H3. The van der Waals surface area contributed by atoms with Crippen LogP contribution in [0.2, 0.25) is 0 Å². The van der Waals surface area contributed by atoms with E-state index in [4.69, 9.17) is 9.47 Å². The zero-order chi connectivity index (χ0) is 17.0. The van der Waals surface area contributed by atoms with Gasteiger partial charge in [0.2, 0.25) is 0 Å². The van der Waals surface area contributed by atoms with Gasteiger partial charge in [0.05, 0.1) is 5.75 Å². The van der Waals surface area contributed by atoms with E-state index in [-0.39, 0.29) is 24.1 Å². The number of carbonyl (C=O) groups excluding carboxylic acids is 2. The highest BCUT2D eigenvalue weighted by Crippen LogP contribution is 2.40. The van der Waals surface area contributed by atoms with E-state index in [0.717, 1.165) is 18.6 Å². The molecule has 1 saturated heterocycles. The molecule has 1 aliphatic carbocycles. The van der Waals surface area contributed by atoms with Gasteiger partial charge in [0.25, 0.3) is 0 Å². The van der Waals surface area contributed by atoms with Crippen molar-refractivity contribution in [2.75, 3.05) is 24.6 Å². The Kier molecular flexibility index (Phi) is 6.00. The number of rotatable bonds is 5. The molecule has 2 rings (SSSR count). The summed E-state index contributed by atoms with van der Waals surface area (Å²) in [5, 5.41) is 0. The van der Waals surface area contributed by atoms with Crippen LogP contribution in [0.1, 0.15) is 33.6 Å². The van der Waals surface area contributed by atoms with Crippen molar-refractivity contribution in [3.63, 3.8) is 0 Å². The number of carbonyl (C=O) groups is 2. The van der Waals surface area contributed by atoms with Crippen LogP contribution in [0.15, 0.2) is 12.7 Å². The number of nitrogens with zero attached hydrogens (tertiary/aromatic N) is 1. The van der Waals surface area contributed by atoms with Gasteiger partial charge in [-0.15, -0.1) is 18.3 Å². The van der Waals surface area contributed by atoms with Crippen LogP contribution in [0, 0.1) is 11.8 Å². The second-order valence-electron chi connectivity index (χ2n) is 7.22. The average molecular weight is 341 g/mol. The molecule has 23 heavy (non-hydrogen) atoms. The molecule has 0 aromatic heterocycles. The number of ether oxygens (including phenoxy) is 2. The first-order valence-electron chi connectivity index (χ1n) is 8.16. The number of esters is 1. The van der Waals surface area contributed by atoms with Crippen LogP contribution in [0.3, 0.4) is 0 Å². The summed E-state index contributed by atoms with van der Waals surface area (Å²) in [6.45, 7) is 10.6. The fourth-order valence-electron chi connectivity index (χ4n) is 3.27. The van der Waals surface area contributed by atoms with Gasteiger partial charge in [0.15, 0.2) is 0 Å². The Labute approximate surface area is 142 Å². The first-order chi connectivity index (χ1) is 10.8. The van der Waals surface area contributed by atoms with E-state index in [1.165, 1.54) is 11.8 Å². The molecule has 1 saturated carbocycles. The highest BCUT2D eigenvalue weighted by atomic mass is 32.2. The lowest BCUT2D eigenvalue weighted by atomic mass is 9.99.